The van der Waals surface area contributed by atoms with E-state index in [2.05, 4.69) is 16.7 Å². The van der Waals surface area contributed by atoms with Crippen molar-refractivity contribution in [1.82, 2.24) is 14.5 Å². The van der Waals surface area contributed by atoms with Gasteiger partial charge in [0.15, 0.2) is 5.78 Å². The first-order valence-electron chi connectivity index (χ1n) is 13.8. The Balaban J connectivity index is 1.35. The number of aryl methyl sites for hydroxylation is 2. The normalized spacial score (nSPS) is 11.9. The van der Waals surface area contributed by atoms with Crippen LogP contribution in [-0.4, -0.2) is 40.1 Å². The van der Waals surface area contributed by atoms with Gasteiger partial charge in [-0.05, 0) is 73.4 Å². The number of rotatable bonds is 11. The molecule has 0 saturated carbocycles. The van der Waals surface area contributed by atoms with E-state index >= 15 is 0 Å². The van der Waals surface area contributed by atoms with Crippen LogP contribution in [0.15, 0.2) is 78.9 Å². The van der Waals surface area contributed by atoms with Crippen molar-refractivity contribution in [1.29, 1.82) is 5.26 Å². The number of hydrogen-bond donors (Lipinski definition) is 1. The predicted octanol–water partition coefficient (Wildman–Crippen LogP) is 5.66. The van der Waals surface area contributed by atoms with Crippen LogP contribution in [0.1, 0.15) is 45.5 Å². The Hall–Kier alpha value is -4.71. The van der Waals surface area contributed by atoms with Crippen LogP contribution in [0.2, 0.25) is 0 Å². The summed E-state index contributed by atoms with van der Waals surface area (Å²) in [6, 6.07) is 26.2. The van der Waals surface area contributed by atoms with Crippen LogP contribution in [0.25, 0.3) is 22.3 Å². The molecule has 5 rings (SSSR count). The summed E-state index contributed by atoms with van der Waals surface area (Å²) in [7, 11) is 1.64. The van der Waals surface area contributed by atoms with E-state index in [0.717, 1.165) is 39.4 Å². The third-order valence-electron chi connectivity index (χ3n) is 7.47. The highest BCUT2D eigenvalue weighted by molar-refractivity contribution is 5.97. The highest BCUT2D eigenvalue weighted by Crippen LogP contribution is 2.24. The van der Waals surface area contributed by atoms with Crippen molar-refractivity contribution in [2.45, 2.75) is 38.8 Å². The van der Waals surface area contributed by atoms with Crippen LogP contribution in [0.4, 0.5) is 4.39 Å². The van der Waals surface area contributed by atoms with Gasteiger partial charge in [-0.3, -0.25) is 9.78 Å². The number of imidazole rings is 1. The average Bonchev–Trinajstić information content (AvgIpc) is 3.35. The van der Waals surface area contributed by atoms with Crippen molar-refractivity contribution in [2.75, 3.05) is 13.7 Å². The second-order valence-electron chi connectivity index (χ2n) is 10.3. The number of halogens is 1. The van der Waals surface area contributed by atoms with Gasteiger partial charge in [-0.2, -0.15) is 5.26 Å². The summed E-state index contributed by atoms with van der Waals surface area (Å²) in [6.45, 7) is 2.45. The Bertz CT molecular complexity index is 1770. The summed E-state index contributed by atoms with van der Waals surface area (Å²) in [5.41, 5.74) is 12.9. The Morgan fingerprint density at radius 2 is 1.86 bits per heavy atom. The first-order chi connectivity index (χ1) is 20.4. The zero-order valence-electron chi connectivity index (χ0n) is 23.7. The highest BCUT2D eigenvalue weighted by atomic mass is 19.1. The Morgan fingerprint density at radius 1 is 1.05 bits per heavy atom. The minimum Gasteiger partial charge on any atom is -0.378 e. The molecule has 5 aromatic rings. The van der Waals surface area contributed by atoms with Gasteiger partial charge >= 0.3 is 0 Å². The van der Waals surface area contributed by atoms with Gasteiger partial charge in [0.1, 0.15) is 11.6 Å². The van der Waals surface area contributed by atoms with Gasteiger partial charge in [-0.1, -0.05) is 36.4 Å². The van der Waals surface area contributed by atoms with Gasteiger partial charge in [0.05, 0.1) is 41.0 Å². The van der Waals surface area contributed by atoms with Gasteiger partial charge < -0.3 is 15.0 Å². The molecule has 1 atom stereocenters. The molecule has 0 aliphatic heterocycles. The first-order valence-corrected chi connectivity index (χ1v) is 13.8. The van der Waals surface area contributed by atoms with E-state index < -0.39 is 0 Å². The van der Waals surface area contributed by atoms with Crippen molar-refractivity contribution in [3.63, 3.8) is 0 Å². The molecular formula is C34H32FN5O2. The van der Waals surface area contributed by atoms with E-state index in [1.807, 2.05) is 48.5 Å². The molecule has 8 heteroatoms. The maximum absolute atomic E-state index is 14.3. The molecule has 0 aliphatic carbocycles. The fraction of sp³-hybridized carbons (Fsp3) is 0.235. The number of Topliss-reactive ketones (excluding diaryl/α,β-unsaturated/α-hetero) is 1. The molecule has 3 aromatic carbocycles. The SMILES string of the molecule is CO[C@H](CN)Cn1c(Cc2ccc(-c3cccc(CCc4ccc(C#N)cc4F)n3)cc2)nc2ccc(C(C)=O)cc21. The zero-order valence-corrected chi connectivity index (χ0v) is 23.7. The summed E-state index contributed by atoms with van der Waals surface area (Å²) in [5, 5.41) is 8.96. The number of benzene rings is 3. The van der Waals surface area contributed by atoms with Gasteiger partial charge in [-0.15, -0.1) is 0 Å². The largest absolute Gasteiger partial charge is 0.378 e. The molecule has 0 amide bonds. The van der Waals surface area contributed by atoms with E-state index in [1.54, 1.807) is 32.2 Å². The van der Waals surface area contributed by atoms with E-state index in [-0.39, 0.29) is 17.7 Å². The monoisotopic (exact) mass is 561 g/mol. The number of carbonyl (C=O) groups excluding carboxylic acids is 1. The number of hydrogen-bond acceptors (Lipinski definition) is 6. The molecule has 2 N–H and O–H groups in total. The van der Waals surface area contributed by atoms with Crippen LogP contribution in [0.3, 0.4) is 0 Å². The van der Waals surface area contributed by atoms with E-state index in [1.165, 1.54) is 6.07 Å². The predicted molar refractivity (Wildman–Crippen MR) is 161 cm³/mol. The van der Waals surface area contributed by atoms with Crippen LogP contribution in [-0.2, 0) is 30.5 Å². The molecule has 7 nitrogen and oxygen atoms in total. The van der Waals surface area contributed by atoms with Crippen molar-refractivity contribution < 1.29 is 13.9 Å². The number of fused-ring (bicyclic) bond motifs is 1. The van der Waals surface area contributed by atoms with Crippen LogP contribution in [0.5, 0.6) is 0 Å². The minimum absolute atomic E-state index is 0.00278. The molecule has 0 fully saturated rings. The van der Waals surface area contributed by atoms with Crippen LogP contribution < -0.4 is 5.73 Å². The number of ketones is 1. The lowest BCUT2D eigenvalue weighted by Gasteiger charge is -2.17. The number of ether oxygens (including phenoxy) is 1. The fourth-order valence-electron chi connectivity index (χ4n) is 5.02. The summed E-state index contributed by atoms with van der Waals surface area (Å²) in [4.78, 5) is 21.7. The number of nitriles is 1. The van der Waals surface area contributed by atoms with Gasteiger partial charge in [0, 0.05) is 36.9 Å². The molecular weight excluding hydrogens is 529 g/mol. The Kier molecular flexibility index (Phi) is 8.82. The number of pyridine rings is 1. The lowest BCUT2D eigenvalue weighted by molar-refractivity contribution is 0.0949. The summed E-state index contributed by atoms with van der Waals surface area (Å²) >= 11 is 0. The lowest BCUT2D eigenvalue weighted by Crippen LogP contribution is -2.28. The maximum Gasteiger partial charge on any atom is 0.159 e. The third-order valence-corrected chi connectivity index (χ3v) is 7.47. The molecule has 42 heavy (non-hydrogen) atoms. The maximum atomic E-state index is 14.3. The first kappa shape index (κ1) is 28.8. The standard InChI is InChI=1S/C34H32FN5O2/c1-22(41)27-13-15-32-33(18-27)40(21-29(20-37)42-2)34(39-32)17-23-6-10-26(11-7-23)31-5-3-4-28(38-31)14-12-25-9-8-24(19-36)16-30(25)35/h3-11,13,15-16,18,29H,12,14,17,20-21,37H2,1-2H3/t29-/m1/s1. The summed E-state index contributed by atoms with van der Waals surface area (Å²) in [5.74, 6) is 0.501. The molecule has 0 radical (unpaired) electrons. The van der Waals surface area contributed by atoms with Crippen LogP contribution >= 0.6 is 0 Å². The second-order valence-corrected chi connectivity index (χ2v) is 10.3. The van der Waals surface area contributed by atoms with Crippen molar-refractivity contribution in [3.8, 4) is 17.3 Å². The van der Waals surface area contributed by atoms with E-state index in [4.69, 9.17) is 25.7 Å². The van der Waals surface area contributed by atoms with Gasteiger partial charge in [0.2, 0.25) is 0 Å². The van der Waals surface area contributed by atoms with Gasteiger partial charge in [-0.25, -0.2) is 9.37 Å². The third kappa shape index (κ3) is 6.44. The van der Waals surface area contributed by atoms with E-state index in [0.29, 0.717) is 49.0 Å². The van der Waals surface area contributed by atoms with E-state index in [9.17, 15) is 9.18 Å². The molecule has 0 aliphatic rings. The second kappa shape index (κ2) is 12.9. The molecule has 2 aromatic heterocycles. The molecule has 0 bridgehead atoms. The summed E-state index contributed by atoms with van der Waals surface area (Å²) < 4.78 is 22.0. The summed E-state index contributed by atoms with van der Waals surface area (Å²) in [6.07, 6.45) is 1.49. The quantitative estimate of drug-likeness (QED) is 0.209. The smallest absolute Gasteiger partial charge is 0.159 e. The lowest BCUT2D eigenvalue weighted by atomic mass is 10.0. The van der Waals surface area contributed by atoms with Gasteiger partial charge in [0.25, 0.3) is 0 Å². The number of methoxy groups -OCH3 is 1. The number of aromatic nitrogens is 3. The molecule has 0 unspecified atom stereocenters. The number of nitrogens with two attached hydrogens (primary N) is 1. The Morgan fingerprint density at radius 3 is 2.55 bits per heavy atom. The Labute approximate surface area is 244 Å². The average molecular weight is 562 g/mol. The van der Waals surface area contributed by atoms with Crippen molar-refractivity contribution in [2.24, 2.45) is 5.73 Å². The van der Waals surface area contributed by atoms with Crippen LogP contribution in [0, 0.1) is 17.1 Å². The molecule has 212 valence electrons. The number of carbonyl (C=O) groups is 1. The molecule has 0 saturated heterocycles. The van der Waals surface area contributed by atoms with Crippen molar-refractivity contribution in [3.05, 3.63) is 118 Å². The highest BCUT2D eigenvalue weighted by Gasteiger charge is 2.17. The number of nitrogens with zero attached hydrogens (tertiary/aromatic N) is 4. The minimum atomic E-state index is -0.366. The molecule has 0 spiro atoms. The zero-order chi connectivity index (χ0) is 29.6. The topological polar surface area (TPSA) is 107 Å². The molecule has 2 heterocycles. The van der Waals surface area contributed by atoms with Crippen molar-refractivity contribution >= 4 is 16.8 Å². The fourth-order valence-corrected chi connectivity index (χ4v) is 5.02.